The van der Waals surface area contributed by atoms with Crippen LogP contribution in [0.25, 0.3) is 0 Å². The fourth-order valence-corrected chi connectivity index (χ4v) is 2.86. The molecule has 0 saturated heterocycles. The van der Waals surface area contributed by atoms with E-state index in [0.717, 1.165) is 0 Å². The van der Waals surface area contributed by atoms with Crippen LogP contribution in [0, 0.1) is 11.3 Å². The average molecular weight is 400 g/mol. The molecule has 0 heterocycles. The third-order valence-electron chi connectivity index (χ3n) is 3.99. The third kappa shape index (κ3) is 5.45. The first-order valence-corrected chi connectivity index (χ1v) is 9.19. The van der Waals surface area contributed by atoms with Gasteiger partial charge in [0.2, 0.25) is 0 Å². The molecule has 0 amide bonds. The van der Waals surface area contributed by atoms with Gasteiger partial charge in [0.1, 0.15) is 6.10 Å². The smallest absolute Gasteiger partial charge is 0.453 e. The van der Waals surface area contributed by atoms with Gasteiger partial charge in [0.15, 0.2) is 6.79 Å². The Hall–Kier alpha value is -1.59. The summed E-state index contributed by atoms with van der Waals surface area (Å²) in [6, 6.07) is 0. The fourth-order valence-electron chi connectivity index (χ4n) is 2.60. The minimum Gasteiger partial charge on any atom is -0.453 e. The Labute approximate surface area is 150 Å². The quantitative estimate of drug-likeness (QED) is 0.311. The Bertz CT molecular complexity index is 661. The maximum absolute atomic E-state index is 13.3. The van der Waals surface area contributed by atoms with Crippen molar-refractivity contribution in [2.24, 2.45) is 11.3 Å². The molecule has 1 aliphatic rings. The molecule has 0 spiro atoms. The van der Waals surface area contributed by atoms with E-state index in [1.54, 1.807) is 6.92 Å². The van der Waals surface area contributed by atoms with Crippen molar-refractivity contribution in [3.63, 3.8) is 0 Å². The highest BCUT2D eigenvalue weighted by Crippen LogP contribution is 2.35. The number of esters is 2. The van der Waals surface area contributed by atoms with E-state index in [1.165, 1.54) is 19.3 Å². The number of ether oxygens (including phenoxy) is 3. The minimum atomic E-state index is -5.95. The molecule has 0 aromatic rings. The van der Waals surface area contributed by atoms with E-state index in [-0.39, 0.29) is 19.1 Å². The second-order valence-corrected chi connectivity index (χ2v) is 7.90. The maximum atomic E-state index is 13.3. The van der Waals surface area contributed by atoms with Crippen molar-refractivity contribution in [3.8, 4) is 0 Å². The number of hydrogen-bond donors (Lipinski definition) is 1. The highest BCUT2D eigenvalue weighted by atomic mass is 32.2. The summed E-state index contributed by atoms with van der Waals surface area (Å²) in [5.41, 5.74) is -1.10. The van der Waals surface area contributed by atoms with Crippen molar-refractivity contribution < 1.29 is 45.6 Å². The van der Waals surface area contributed by atoms with Crippen LogP contribution in [0.1, 0.15) is 33.1 Å². The van der Waals surface area contributed by atoms with Gasteiger partial charge in [-0.05, 0) is 38.2 Å². The second kappa shape index (κ2) is 8.40. The van der Waals surface area contributed by atoms with Crippen LogP contribution in [0.4, 0.5) is 8.78 Å². The van der Waals surface area contributed by atoms with Gasteiger partial charge >= 0.3 is 27.3 Å². The zero-order valence-corrected chi connectivity index (χ0v) is 15.4. The first-order valence-electron chi connectivity index (χ1n) is 7.75. The van der Waals surface area contributed by atoms with Crippen LogP contribution in [0.15, 0.2) is 12.2 Å². The first kappa shape index (κ1) is 22.5. The van der Waals surface area contributed by atoms with Crippen LogP contribution in [0.5, 0.6) is 0 Å². The Kier molecular flexibility index (Phi) is 7.25. The summed E-state index contributed by atoms with van der Waals surface area (Å²) < 4.78 is 70.5. The summed E-state index contributed by atoms with van der Waals surface area (Å²) in [6.07, 6.45) is 2.41. The van der Waals surface area contributed by atoms with Gasteiger partial charge in [-0.1, -0.05) is 13.0 Å². The van der Waals surface area contributed by atoms with Crippen molar-refractivity contribution in [1.29, 1.82) is 0 Å². The molecule has 0 bridgehead atoms. The number of rotatable bonds is 6. The summed E-state index contributed by atoms with van der Waals surface area (Å²) in [6.45, 7) is 3.15. The van der Waals surface area contributed by atoms with Gasteiger partial charge in [0, 0.05) is 7.11 Å². The van der Waals surface area contributed by atoms with Gasteiger partial charge in [-0.3, -0.25) is 9.35 Å². The Balaban J connectivity index is 2.98. The molecule has 0 fully saturated rings. The topological polar surface area (TPSA) is 116 Å². The number of carbonyl (C=O) groups is 2. The maximum Gasteiger partial charge on any atom is 0.465 e. The zero-order valence-electron chi connectivity index (χ0n) is 14.6. The SMILES string of the molecule is COCOC(=O)C1(C)C=CC(OC(=O)C(F)(F)S(=O)(=O)O)CCC(C)C1. The molecule has 0 radical (unpaired) electrons. The van der Waals surface area contributed by atoms with Gasteiger partial charge in [-0.15, -0.1) is 0 Å². The first-order chi connectivity index (χ1) is 11.8. The molecule has 150 valence electrons. The standard InChI is InChI=1S/C15H22F2O8S/c1-10-4-5-11(25-13(19)15(16,17)26(20,21)22)6-7-14(2,8-10)12(18)24-9-23-3/h6-7,10-11H,4-5,8-9H2,1-3H3,(H,20,21,22). The number of methoxy groups -OCH3 is 1. The van der Waals surface area contributed by atoms with Crippen molar-refractivity contribution >= 4 is 22.1 Å². The highest BCUT2D eigenvalue weighted by Gasteiger charge is 2.54. The lowest BCUT2D eigenvalue weighted by Crippen LogP contribution is -2.41. The number of hydrogen-bond acceptors (Lipinski definition) is 7. The molecule has 1 N–H and O–H groups in total. The van der Waals surface area contributed by atoms with Gasteiger partial charge in [-0.2, -0.15) is 17.2 Å². The molecule has 0 aromatic heterocycles. The lowest BCUT2D eigenvalue weighted by Gasteiger charge is -2.30. The summed E-state index contributed by atoms with van der Waals surface area (Å²) in [5, 5.41) is -5.07. The molecule has 1 aliphatic carbocycles. The second-order valence-electron chi connectivity index (χ2n) is 6.44. The van der Waals surface area contributed by atoms with E-state index in [2.05, 4.69) is 9.47 Å². The molecule has 3 atom stereocenters. The molecular weight excluding hydrogens is 378 g/mol. The lowest BCUT2D eigenvalue weighted by molar-refractivity contribution is -0.165. The van der Waals surface area contributed by atoms with E-state index < -0.39 is 38.8 Å². The average Bonchev–Trinajstić information content (AvgIpc) is 2.52. The van der Waals surface area contributed by atoms with Gasteiger partial charge in [0.05, 0.1) is 5.41 Å². The molecule has 3 unspecified atom stereocenters. The molecular formula is C15H22F2O8S. The van der Waals surface area contributed by atoms with Crippen molar-refractivity contribution in [1.82, 2.24) is 0 Å². The van der Waals surface area contributed by atoms with Crippen LogP contribution < -0.4 is 0 Å². The minimum absolute atomic E-state index is 0.0386. The highest BCUT2D eigenvalue weighted by molar-refractivity contribution is 7.87. The Morgan fingerprint density at radius 2 is 1.96 bits per heavy atom. The predicted molar refractivity (Wildman–Crippen MR) is 84.6 cm³/mol. The van der Waals surface area contributed by atoms with Crippen LogP contribution in [-0.2, 0) is 33.9 Å². The van der Waals surface area contributed by atoms with E-state index in [4.69, 9.17) is 9.29 Å². The van der Waals surface area contributed by atoms with E-state index in [1.807, 2.05) is 6.92 Å². The molecule has 0 aliphatic heterocycles. The van der Waals surface area contributed by atoms with Crippen LogP contribution in [0.2, 0.25) is 0 Å². The summed E-state index contributed by atoms with van der Waals surface area (Å²) in [4.78, 5) is 23.7. The van der Waals surface area contributed by atoms with Crippen molar-refractivity contribution in [2.45, 2.75) is 44.5 Å². The fraction of sp³-hybridized carbons (Fsp3) is 0.733. The molecule has 0 aromatic carbocycles. The Morgan fingerprint density at radius 3 is 2.50 bits per heavy atom. The molecule has 1 rings (SSSR count). The summed E-state index contributed by atoms with van der Waals surface area (Å²) >= 11 is 0. The molecule has 8 nitrogen and oxygen atoms in total. The van der Waals surface area contributed by atoms with E-state index in [0.29, 0.717) is 12.8 Å². The number of halogens is 2. The predicted octanol–water partition coefficient (Wildman–Crippen LogP) is 1.91. The van der Waals surface area contributed by atoms with Crippen molar-refractivity contribution in [3.05, 3.63) is 12.2 Å². The normalized spacial score (nSPS) is 27.3. The van der Waals surface area contributed by atoms with Crippen molar-refractivity contribution in [2.75, 3.05) is 13.9 Å². The summed E-state index contributed by atoms with van der Waals surface area (Å²) in [5.74, 6) is -3.02. The van der Waals surface area contributed by atoms with Gasteiger partial charge in [0.25, 0.3) is 0 Å². The van der Waals surface area contributed by atoms with Crippen LogP contribution in [0.3, 0.4) is 0 Å². The van der Waals surface area contributed by atoms with Crippen LogP contribution >= 0.6 is 0 Å². The van der Waals surface area contributed by atoms with Gasteiger partial charge in [-0.25, -0.2) is 4.79 Å². The molecule has 26 heavy (non-hydrogen) atoms. The third-order valence-corrected chi connectivity index (χ3v) is 4.80. The van der Waals surface area contributed by atoms with Gasteiger partial charge < -0.3 is 14.2 Å². The van der Waals surface area contributed by atoms with E-state index >= 15 is 0 Å². The Morgan fingerprint density at radius 1 is 1.35 bits per heavy atom. The molecule has 0 saturated carbocycles. The van der Waals surface area contributed by atoms with E-state index in [9.17, 15) is 26.8 Å². The summed E-state index contributed by atoms with van der Waals surface area (Å²) in [7, 11) is -4.60. The molecule has 11 heteroatoms. The lowest BCUT2D eigenvalue weighted by atomic mass is 9.77. The number of carbonyl (C=O) groups excluding carboxylic acids is 2. The zero-order chi connectivity index (χ0) is 20.2. The largest absolute Gasteiger partial charge is 0.465 e. The number of alkyl halides is 2. The monoisotopic (exact) mass is 400 g/mol. The van der Waals surface area contributed by atoms with Crippen LogP contribution in [-0.4, -0.2) is 50.2 Å².